The second-order valence-electron chi connectivity index (χ2n) is 17.6. The van der Waals surface area contributed by atoms with Gasteiger partial charge in [0.2, 0.25) is 0 Å². The normalized spacial score (nSPS) is 15.9. The van der Waals surface area contributed by atoms with Crippen molar-refractivity contribution in [2.45, 2.75) is 132 Å². The van der Waals surface area contributed by atoms with E-state index in [1.807, 2.05) is 27.7 Å². The molecule has 4 unspecified atom stereocenters. The molecule has 0 amide bonds. The van der Waals surface area contributed by atoms with Crippen molar-refractivity contribution < 1.29 is 74.9 Å². The third-order valence-electron chi connectivity index (χ3n) is 11.9. The molecule has 5 rings (SSSR count). The van der Waals surface area contributed by atoms with Gasteiger partial charge >= 0.3 is 30.4 Å². The predicted octanol–water partition coefficient (Wildman–Crippen LogP) is 10.5. The van der Waals surface area contributed by atoms with Crippen molar-refractivity contribution in [3.63, 3.8) is 0 Å². The molecule has 400 valence electrons. The van der Waals surface area contributed by atoms with Crippen LogP contribution >= 0.6 is 30.4 Å². The fourth-order valence-electron chi connectivity index (χ4n) is 8.48. The van der Waals surface area contributed by atoms with E-state index < -0.39 is 30.4 Å². The number of fused-ring (bicyclic) bond motifs is 8. The Labute approximate surface area is 426 Å². The second-order valence-corrected chi connectivity index (χ2v) is 24.9. The van der Waals surface area contributed by atoms with Gasteiger partial charge in [-0.15, -0.1) is 0 Å². The molecule has 0 saturated heterocycles. The number of rotatable bonds is 28. The van der Waals surface area contributed by atoms with E-state index in [-0.39, 0.29) is 99.8 Å². The molecular formula is C52H76O16P4. The van der Waals surface area contributed by atoms with Crippen molar-refractivity contribution >= 4 is 51.6 Å². The third kappa shape index (κ3) is 15.4. The fourth-order valence-corrected chi connectivity index (χ4v) is 13.0. The summed E-state index contributed by atoms with van der Waals surface area (Å²) in [6, 6.07) is 12.4. The van der Waals surface area contributed by atoms with Gasteiger partial charge in [-0.05, 0) is 146 Å². The van der Waals surface area contributed by atoms with Crippen LogP contribution in [0.25, 0.3) is 0 Å². The first-order chi connectivity index (χ1) is 34.3. The van der Waals surface area contributed by atoms with E-state index in [1.54, 1.807) is 76.2 Å². The summed E-state index contributed by atoms with van der Waals surface area (Å²) >= 11 is 0. The molecule has 0 spiro atoms. The summed E-state index contributed by atoms with van der Waals surface area (Å²) in [7, 11) is -18.1. The lowest BCUT2D eigenvalue weighted by Crippen LogP contribution is -2.19. The zero-order valence-corrected chi connectivity index (χ0v) is 46.8. The van der Waals surface area contributed by atoms with E-state index in [4.69, 9.17) is 37.0 Å². The summed E-state index contributed by atoms with van der Waals surface area (Å²) in [6.07, 6.45) is 5.52. The molecule has 0 aromatic heterocycles. The lowest BCUT2D eigenvalue weighted by atomic mass is 9.91. The standard InChI is InChI=1S/C52H76O16P4/c1-9-17-21-61-49-37-25-39-31-46(70(55,56)66-14-6)33-41(50(39)62-22-18-10-2)27-43-35-48(72(59,60)68-16-8)36-44(52(43)64-24-20-12-4)28-42-34-47(71(57,58)67-15-7)32-40(51(42)63-23-19-11-3)26-38(49)30-45(29-37)69(53,54)65-13-5/h29-36H,9-28H2,1-8H3,(H,53,54)(H,55,56)(H,57,58)(H,59,60). The molecule has 0 fully saturated rings. The molecule has 0 radical (unpaired) electrons. The predicted molar refractivity (Wildman–Crippen MR) is 283 cm³/mol. The first-order valence-electron chi connectivity index (χ1n) is 25.4. The van der Waals surface area contributed by atoms with E-state index >= 15 is 0 Å². The maximum Gasteiger partial charge on any atom is 0.358 e. The Morgan fingerprint density at radius 3 is 0.639 bits per heavy atom. The molecule has 1 aliphatic rings. The van der Waals surface area contributed by atoms with Crippen molar-refractivity contribution in [1.82, 2.24) is 0 Å². The summed E-state index contributed by atoms with van der Waals surface area (Å²) in [5.74, 6) is 1.44. The molecule has 0 saturated carbocycles. The number of hydrogen-bond acceptors (Lipinski definition) is 12. The van der Waals surface area contributed by atoms with Gasteiger partial charge < -0.3 is 56.6 Å². The molecule has 4 N–H and O–H groups in total. The van der Waals surface area contributed by atoms with Crippen LogP contribution < -0.4 is 40.2 Å². The molecule has 4 aromatic rings. The van der Waals surface area contributed by atoms with Crippen LogP contribution in [0.3, 0.4) is 0 Å². The number of ether oxygens (including phenoxy) is 4. The van der Waals surface area contributed by atoms with Crippen molar-refractivity contribution in [2.24, 2.45) is 0 Å². The summed E-state index contributed by atoms with van der Waals surface area (Å²) in [5, 5.41) is -0.180. The summed E-state index contributed by atoms with van der Waals surface area (Å²) in [4.78, 5) is 46.4. The first-order valence-corrected chi connectivity index (χ1v) is 31.7. The highest BCUT2D eigenvalue weighted by atomic mass is 31.2. The largest absolute Gasteiger partial charge is 0.493 e. The van der Waals surface area contributed by atoms with E-state index in [0.717, 1.165) is 25.7 Å². The minimum Gasteiger partial charge on any atom is -0.493 e. The lowest BCUT2D eigenvalue weighted by Gasteiger charge is -2.26. The Kier molecular flexibility index (Phi) is 22.7. The van der Waals surface area contributed by atoms with Crippen molar-refractivity contribution in [3.8, 4) is 23.0 Å². The molecule has 4 atom stereocenters. The van der Waals surface area contributed by atoms with Gasteiger partial charge in [0.05, 0.1) is 74.1 Å². The monoisotopic (exact) mass is 1080 g/mol. The highest BCUT2D eigenvalue weighted by Crippen LogP contribution is 2.49. The van der Waals surface area contributed by atoms with Gasteiger partial charge in [-0.2, -0.15) is 0 Å². The van der Waals surface area contributed by atoms with Crippen LogP contribution in [0.1, 0.15) is 151 Å². The third-order valence-corrected chi connectivity index (χ3v) is 18.0. The average Bonchev–Trinajstić information content (AvgIpc) is 3.31. The van der Waals surface area contributed by atoms with E-state index in [2.05, 4.69) is 0 Å². The molecule has 4 aromatic carbocycles. The van der Waals surface area contributed by atoms with E-state index in [1.165, 1.54) is 0 Å². The molecule has 0 aliphatic heterocycles. The van der Waals surface area contributed by atoms with Crippen molar-refractivity contribution in [2.75, 3.05) is 52.9 Å². The zero-order valence-electron chi connectivity index (χ0n) is 43.2. The van der Waals surface area contributed by atoms with Gasteiger partial charge in [0.15, 0.2) is 0 Å². The van der Waals surface area contributed by atoms with Gasteiger partial charge in [-0.3, -0.25) is 18.3 Å². The van der Waals surface area contributed by atoms with Gasteiger partial charge in [0.1, 0.15) is 23.0 Å². The Morgan fingerprint density at radius 2 is 0.500 bits per heavy atom. The fraction of sp³-hybridized carbons (Fsp3) is 0.538. The quantitative estimate of drug-likeness (QED) is 0.0270. The highest BCUT2D eigenvalue weighted by molar-refractivity contribution is 7.62. The summed E-state index contributed by atoms with van der Waals surface area (Å²) < 4.78 is 106. The minimum atomic E-state index is -4.51. The Morgan fingerprint density at radius 1 is 0.333 bits per heavy atom. The maximum atomic E-state index is 14.2. The highest BCUT2D eigenvalue weighted by Gasteiger charge is 2.34. The van der Waals surface area contributed by atoms with Gasteiger partial charge in [0, 0.05) is 25.7 Å². The molecule has 8 bridgehead atoms. The van der Waals surface area contributed by atoms with Crippen LogP contribution in [0, 0.1) is 0 Å². The smallest absolute Gasteiger partial charge is 0.358 e. The molecule has 1 aliphatic carbocycles. The lowest BCUT2D eigenvalue weighted by molar-refractivity contribution is 0.282. The first kappa shape index (κ1) is 59.6. The zero-order chi connectivity index (χ0) is 52.7. The van der Waals surface area contributed by atoms with E-state index in [9.17, 15) is 37.8 Å². The second kappa shape index (κ2) is 27.5. The van der Waals surface area contributed by atoms with Crippen LogP contribution in [0.5, 0.6) is 23.0 Å². The minimum absolute atomic E-state index is 0.0450. The topological polar surface area (TPSA) is 223 Å². The summed E-state index contributed by atoms with van der Waals surface area (Å²) in [5.41, 5.74) is 3.37. The average molecular weight is 1080 g/mol. The van der Waals surface area contributed by atoms with Crippen LogP contribution in [0.4, 0.5) is 0 Å². The van der Waals surface area contributed by atoms with Crippen LogP contribution in [0.15, 0.2) is 48.5 Å². The van der Waals surface area contributed by atoms with Gasteiger partial charge in [-0.1, -0.05) is 53.4 Å². The Hall–Kier alpha value is -3.32. The van der Waals surface area contributed by atoms with Crippen molar-refractivity contribution in [1.29, 1.82) is 0 Å². The number of hydrogen-bond donors (Lipinski definition) is 4. The summed E-state index contributed by atoms with van der Waals surface area (Å²) in [6.45, 7) is 15.3. The van der Waals surface area contributed by atoms with Gasteiger partial charge in [-0.25, -0.2) is 0 Å². The molecule has 72 heavy (non-hydrogen) atoms. The molecular weight excluding hydrogens is 1000 g/mol. The SMILES string of the molecule is CCCCOc1c2cc(P(=O)(O)OCC)cc1Cc1cc(P(=O)(O)OCC)cc(c1OCCCC)Cc1cc(P(=O)(O)OCC)cc(c1OCCCC)Cc1cc(P(=O)(O)OCC)cc(c1OCCCC)C2. The molecule has 20 heteroatoms. The maximum absolute atomic E-state index is 14.2. The van der Waals surface area contributed by atoms with Crippen molar-refractivity contribution in [3.05, 3.63) is 93.0 Å². The van der Waals surface area contributed by atoms with Gasteiger partial charge in [0.25, 0.3) is 0 Å². The van der Waals surface area contributed by atoms with E-state index in [0.29, 0.717) is 93.2 Å². The number of benzene rings is 4. The van der Waals surface area contributed by atoms with Crippen LogP contribution in [-0.2, 0) is 62.0 Å². The van der Waals surface area contributed by atoms with Crippen LogP contribution in [-0.4, -0.2) is 72.4 Å². The Bertz CT molecular complexity index is 2200. The number of unbranched alkanes of at least 4 members (excludes halogenated alkanes) is 4. The molecule has 0 heterocycles. The Balaban J connectivity index is 2.08. The van der Waals surface area contributed by atoms with Crippen LogP contribution in [0.2, 0.25) is 0 Å². The molecule has 16 nitrogen and oxygen atoms in total.